The first-order chi connectivity index (χ1) is 6.93. The Labute approximate surface area is 83.5 Å². The van der Waals surface area contributed by atoms with Gasteiger partial charge in [0.15, 0.2) is 0 Å². The summed E-state index contributed by atoms with van der Waals surface area (Å²) in [6.45, 7) is 4.17. The van der Waals surface area contributed by atoms with Gasteiger partial charge in [-0.05, 0) is 12.5 Å². The van der Waals surface area contributed by atoms with Gasteiger partial charge in [-0.1, -0.05) is 0 Å². The number of nitrogens with zero attached hydrogens (tertiary/aromatic N) is 3. The van der Waals surface area contributed by atoms with Crippen LogP contribution in [0.25, 0.3) is 0 Å². The maximum absolute atomic E-state index is 5.21. The van der Waals surface area contributed by atoms with Gasteiger partial charge in [0.1, 0.15) is 0 Å². The van der Waals surface area contributed by atoms with Crippen molar-refractivity contribution < 1.29 is 4.74 Å². The quantitative estimate of drug-likeness (QED) is 0.686. The first-order valence-corrected chi connectivity index (χ1v) is 5.24. The van der Waals surface area contributed by atoms with E-state index >= 15 is 0 Å². The van der Waals surface area contributed by atoms with Gasteiger partial charge in [0.25, 0.3) is 0 Å². The van der Waals surface area contributed by atoms with Crippen LogP contribution in [0.15, 0.2) is 18.5 Å². The topological polar surface area (TPSA) is 30.3 Å². The van der Waals surface area contributed by atoms with E-state index in [-0.39, 0.29) is 0 Å². The molecule has 0 bridgehead atoms. The highest BCUT2D eigenvalue weighted by Gasteiger charge is 2.32. The van der Waals surface area contributed by atoms with Crippen LogP contribution >= 0.6 is 0 Å². The minimum absolute atomic E-state index is 0.575. The molecule has 4 heteroatoms. The molecule has 0 radical (unpaired) electrons. The van der Waals surface area contributed by atoms with E-state index in [1.165, 1.54) is 13.0 Å². The zero-order valence-corrected chi connectivity index (χ0v) is 8.17. The standard InChI is InChI=1S/C10H15N3O/c1-3-11-13(4-1)9-2-5-12(6-9)10-7-14-8-10/h1,3-4,9-10H,2,5-8H2. The van der Waals surface area contributed by atoms with Crippen molar-refractivity contribution >= 4 is 0 Å². The van der Waals surface area contributed by atoms with Gasteiger partial charge in [0.2, 0.25) is 0 Å². The Morgan fingerprint density at radius 1 is 1.29 bits per heavy atom. The van der Waals surface area contributed by atoms with E-state index in [9.17, 15) is 0 Å². The Balaban J connectivity index is 1.64. The predicted molar refractivity (Wildman–Crippen MR) is 52.1 cm³/mol. The van der Waals surface area contributed by atoms with E-state index in [4.69, 9.17) is 4.74 Å². The fourth-order valence-corrected chi connectivity index (χ4v) is 2.25. The van der Waals surface area contributed by atoms with Crippen LogP contribution < -0.4 is 0 Å². The molecule has 2 aliphatic heterocycles. The lowest BCUT2D eigenvalue weighted by atomic mass is 10.2. The summed E-state index contributed by atoms with van der Waals surface area (Å²) in [6, 6.07) is 3.25. The van der Waals surface area contributed by atoms with Crippen molar-refractivity contribution in [2.45, 2.75) is 18.5 Å². The van der Waals surface area contributed by atoms with Gasteiger partial charge in [-0.25, -0.2) is 0 Å². The third-order valence-corrected chi connectivity index (χ3v) is 3.23. The molecule has 1 aromatic heterocycles. The van der Waals surface area contributed by atoms with E-state index in [1.807, 2.05) is 12.3 Å². The number of likely N-dealkylation sites (tertiary alicyclic amines) is 1. The summed E-state index contributed by atoms with van der Waals surface area (Å²) < 4.78 is 7.29. The maximum Gasteiger partial charge on any atom is 0.0658 e. The normalized spacial score (nSPS) is 29.3. The highest BCUT2D eigenvalue weighted by molar-refractivity contribution is 4.89. The van der Waals surface area contributed by atoms with Crippen molar-refractivity contribution in [3.63, 3.8) is 0 Å². The van der Waals surface area contributed by atoms with E-state index in [2.05, 4.69) is 20.9 Å². The first kappa shape index (κ1) is 8.44. The van der Waals surface area contributed by atoms with Gasteiger partial charge in [-0.15, -0.1) is 0 Å². The third kappa shape index (κ3) is 1.35. The number of aromatic nitrogens is 2. The van der Waals surface area contributed by atoms with Crippen LogP contribution in [0.2, 0.25) is 0 Å². The van der Waals surface area contributed by atoms with Gasteiger partial charge in [0.05, 0.1) is 25.3 Å². The molecule has 76 valence electrons. The third-order valence-electron chi connectivity index (χ3n) is 3.23. The van der Waals surface area contributed by atoms with Gasteiger partial charge < -0.3 is 4.74 Å². The van der Waals surface area contributed by atoms with Crippen LogP contribution in [0.3, 0.4) is 0 Å². The molecule has 4 nitrogen and oxygen atoms in total. The van der Waals surface area contributed by atoms with Gasteiger partial charge in [-0.2, -0.15) is 5.10 Å². The Morgan fingerprint density at radius 2 is 2.21 bits per heavy atom. The molecular formula is C10H15N3O. The maximum atomic E-state index is 5.21. The molecule has 0 aromatic carbocycles. The molecule has 2 fully saturated rings. The summed E-state index contributed by atoms with van der Waals surface area (Å²) in [5.41, 5.74) is 0. The predicted octanol–water partition coefficient (Wildman–Crippen LogP) is 0.529. The number of rotatable bonds is 2. The Hall–Kier alpha value is -0.870. The lowest BCUT2D eigenvalue weighted by Gasteiger charge is -2.34. The van der Waals surface area contributed by atoms with E-state index < -0.39 is 0 Å². The zero-order chi connectivity index (χ0) is 9.38. The van der Waals surface area contributed by atoms with Gasteiger partial charge in [-0.3, -0.25) is 9.58 Å². The Morgan fingerprint density at radius 3 is 2.86 bits per heavy atom. The highest BCUT2D eigenvalue weighted by Crippen LogP contribution is 2.24. The second kappa shape index (κ2) is 3.37. The minimum atomic E-state index is 0.575. The first-order valence-electron chi connectivity index (χ1n) is 5.24. The molecule has 3 rings (SSSR count). The largest absolute Gasteiger partial charge is 0.378 e. The summed E-state index contributed by atoms with van der Waals surface area (Å²) >= 11 is 0. The average Bonchev–Trinajstić information content (AvgIpc) is 2.65. The summed E-state index contributed by atoms with van der Waals surface area (Å²) in [6.07, 6.45) is 5.14. The zero-order valence-electron chi connectivity index (χ0n) is 8.17. The van der Waals surface area contributed by atoms with Crippen molar-refractivity contribution in [3.05, 3.63) is 18.5 Å². The van der Waals surface area contributed by atoms with Crippen LogP contribution in [0.4, 0.5) is 0 Å². The van der Waals surface area contributed by atoms with E-state index in [0.717, 1.165) is 19.8 Å². The molecule has 0 amide bonds. The van der Waals surface area contributed by atoms with Crippen LogP contribution in [0, 0.1) is 0 Å². The molecular weight excluding hydrogens is 178 g/mol. The van der Waals surface area contributed by atoms with Crippen LogP contribution in [0.1, 0.15) is 12.5 Å². The monoisotopic (exact) mass is 193 g/mol. The molecule has 2 saturated heterocycles. The summed E-state index contributed by atoms with van der Waals surface area (Å²) in [4.78, 5) is 2.52. The van der Waals surface area contributed by atoms with Crippen LogP contribution in [-0.4, -0.2) is 47.0 Å². The molecule has 2 aliphatic rings. The molecule has 0 spiro atoms. The summed E-state index contributed by atoms with van der Waals surface area (Å²) in [5, 5.41) is 4.29. The van der Waals surface area contributed by atoms with Gasteiger partial charge in [0, 0.05) is 25.5 Å². The SMILES string of the molecule is c1cnn(C2CCN(C3COC3)C2)c1. The van der Waals surface area contributed by atoms with Crippen molar-refractivity contribution in [2.24, 2.45) is 0 Å². The van der Waals surface area contributed by atoms with Crippen LogP contribution in [0.5, 0.6) is 0 Å². The second-order valence-electron chi connectivity index (χ2n) is 4.11. The highest BCUT2D eigenvalue weighted by atomic mass is 16.5. The molecule has 1 unspecified atom stereocenters. The smallest absolute Gasteiger partial charge is 0.0658 e. The molecule has 3 heterocycles. The van der Waals surface area contributed by atoms with E-state index in [1.54, 1.807) is 0 Å². The van der Waals surface area contributed by atoms with Crippen LogP contribution in [-0.2, 0) is 4.74 Å². The summed E-state index contributed by atoms with van der Waals surface area (Å²) in [7, 11) is 0. The average molecular weight is 193 g/mol. The number of ether oxygens (including phenoxy) is 1. The number of hydrogen-bond donors (Lipinski definition) is 0. The Bertz CT molecular complexity index is 294. The summed E-state index contributed by atoms with van der Waals surface area (Å²) in [5.74, 6) is 0. The van der Waals surface area contributed by atoms with Crippen molar-refractivity contribution in [1.82, 2.24) is 14.7 Å². The van der Waals surface area contributed by atoms with Gasteiger partial charge >= 0.3 is 0 Å². The molecule has 14 heavy (non-hydrogen) atoms. The Kier molecular flexibility index (Phi) is 2.03. The van der Waals surface area contributed by atoms with E-state index in [0.29, 0.717) is 12.1 Å². The lowest BCUT2D eigenvalue weighted by molar-refractivity contribution is -0.0579. The fraction of sp³-hybridized carbons (Fsp3) is 0.700. The lowest BCUT2D eigenvalue weighted by Crippen LogP contribution is -2.47. The molecule has 0 saturated carbocycles. The van der Waals surface area contributed by atoms with Crippen molar-refractivity contribution in [3.8, 4) is 0 Å². The molecule has 0 aliphatic carbocycles. The molecule has 0 N–H and O–H groups in total. The molecule has 1 aromatic rings. The fourth-order valence-electron chi connectivity index (χ4n) is 2.25. The minimum Gasteiger partial charge on any atom is -0.378 e. The second-order valence-corrected chi connectivity index (χ2v) is 4.11. The number of hydrogen-bond acceptors (Lipinski definition) is 3. The van der Waals surface area contributed by atoms with Crippen molar-refractivity contribution in [2.75, 3.05) is 26.3 Å². The molecule has 1 atom stereocenters. The van der Waals surface area contributed by atoms with Crippen molar-refractivity contribution in [1.29, 1.82) is 0 Å².